The summed E-state index contributed by atoms with van der Waals surface area (Å²) in [5, 5.41) is 4.61. The van der Waals surface area contributed by atoms with Crippen LogP contribution in [-0.4, -0.2) is 6.04 Å². The van der Waals surface area contributed by atoms with Crippen molar-refractivity contribution in [1.82, 2.24) is 5.32 Å². The monoisotopic (exact) mass is 279 g/mol. The number of nitrogens with one attached hydrogen (secondary N) is 1. The highest BCUT2D eigenvalue weighted by molar-refractivity contribution is 6.30. The highest BCUT2D eigenvalue weighted by Crippen LogP contribution is 2.34. The molecule has 1 aliphatic carbocycles. The van der Waals surface area contributed by atoms with Gasteiger partial charge in [0.25, 0.3) is 0 Å². The molecule has 0 heterocycles. The fourth-order valence-corrected chi connectivity index (χ4v) is 3.25. The van der Waals surface area contributed by atoms with Crippen molar-refractivity contribution >= 4 is 11.6 Å². The molecule has 0 aliphatic heterocycles. The van der Waals surface area contributed by atoms with Crippen molar-refractivity contribution in [3.05, 3.63) is 34.9 Å². The lowest BCUT2D eigenvalue weighted by Gasteiger charge is -2.24. The van der Waals surface area contributed by atoms with Crippen LogP contribution in [-0.2, 0) is 0 Å². The lowest BCUT2D eigenvalue weighted by atomic mass is 9.85. The van der Waals surface area contributed by atoms with E-state index in [9.17, 15) is 0 Å². The van der Waals surface area contributed by atoms with E-state index < -0.39 is 0 Å². The number of hydrogen-bond acceptors (Lipinski definition) is 1. The molecule has 1 saturated carbocycles. The largest absolute Gasteiger partial charge is 0.307 e. The molecule has 0 bridgehead atoms. The quantitative estimate of drug-likeness (QED) is 0.736. The summed E-state index contributed by atoms with van der Waals surface area (Å²) >= 11 is 6.07. The maximum atomic E-state index is 6.07. The Labute approximate surface area is 122 Å². The second-order valence-electron chi connectivity index (χ2n) is 6.74. The van der Waals surface area contributed by atoms with Gasteiger partial charge in [0, 0.05) is 17.1 Å². The Morgan fingerprint density at radius 2 is 2.05 bits per heavy atom. The molecular weight excluding hydrogens is 254 g/mol. The van der Waals surface area contributed by atoms with Gasteiger partial charge >= 0.3 is 0 Å². The molecule has 0 saturated heterocycles. The van der Waals surface area contributed by atoms with E-state index in [2.05, 4.69) is 38.2 Å². The van der Waals surface area contributed by atoms with E-state index in [-0.39, 0.29) is 0 Å². The molecule has 1 aromatic carbocycles. The van der Waals surface area contributed by atoms with Crippen molar-refractivity contribution in [3.63, 3.8) is 0 Å². The first-order chi connectivity index (χ1) is 8.96. The van der Waals surface area contributed by atoms with Gasteiger partial charge in [0.05, 0.1) is 0 Å². The van der Waals surface area contributed by atoms with Crippen LogP contribution in [0, 0.1) is 5.41 Å². The van der Waals surface area contributed by atoms with Crippen LogP contribution in [0.1, 0.15) is 64.5 Å². The predicted octanol–water partition coefficient (Wildman–Crippen LogP) is 5.35. The molecule has 0 radical (unpaired) electrons. The second kappa shape index (κ2) is 6.28. The van der Waals surface area contributed by atoms with E-state index in [4.69, 9.17) is 11.6 Å². The molecule has 2 atom stereocenters. The van der Waals surface area contributed by atoms with Crippen LogP contribution in [0.5, 0.6) is 0 Å². The normalized spacial score (nSPS) is 24.7. The van der Waals surface area contributed by atoms with Gasteiger partial charge in [-0.2, -0.15) is 0 Å². The zero-order valence-electron chi connectivity index (χ0n) is 12.4. The van der Waals surface area contributed by atoms with Crippen molar-refractivity contribution in [3.8, 4) is 0 Å². The Bertz CT molecular complexity index is 413. The van der Waals surface area contributed by atoms with Gasteiger partial charge in [0.15, 0.2) is 0 Å². The highest BCUT2D eigenvalue weighted by Gasteiger charge is 2.25. The molecule has 0 spiro atoms. The molecule has 0 aromatic heterocycles. The molecule has 1 aromatic rings. The first kappa shape index (κ1) is 14.9. The Morgan fingerprint density at radius 3 is 2.79 bits per heavy atom. The van der Waals surface area contributed by atoms with Crippen LogP contribution < -0.4 is 5.32 Å². The Morgan fingerprint density at radius 1 is 1.26 bits per heavy atom. The minimum absolute atomic E-state index is 0.380. The van der Waals surface area contributed by atoms with Crippen LogP contribution in [0.4, 0.5) is 0 Å². The molecule has 1 unspecified atom stereocenters. The smallest absolute Gasteiger partial charge is 0.0409 e. The van der Waals surface area contributed by atoms with Gasteiger partial charge in [-0.05, 0) is 55.7 Å². The number of hydrogen-bond donors (Lipinski definition) is 1. The van der Waals surface area contributed by atoms with E-state index in [1.54, 1.807) is 0 Å². The third-order valence-electron chi connectivity index (χ3n) is 4.41. The van der Waals surface area contributed by atoms with Gasteiger partial charge in [-0.3, -0.25) is 0 Å². The van der Waals surface area contributed by atoms with Crippen LogP contribution in [0.2, 0.25) is 5.02 Å². The average Bonchev–Trinajstić information content (AvgIpc) is 2.51. The van der Waals surface area contributed by atoms with Crippen LogP contribution in [0.3, 0.4) is 0 Å². The minimum Gasteiger partial charge on any atom is -0.307 e. The SMILES string of the molecule is C[C@@H](NC1CCCC(C)(C)CC1)c1cccc(Cl)c1. The van der Waals surface area contributed by atoms with Gasteiger partial charge in [0.1, 0.15) is 0 Å². The summed E-state index contributed by atoms with van der Waals surface area (Å²) in [6.45, 7) is 7.03. The van der Waals surface area contributed by atoms with Crippen molar-refractivity contribution in [2.24, 2.45) is 5.41 Å². The summed E-state index contributed by atoms with van der Waals surface area (Å²) in [5.41, 5.74) is 1.81. The number of halogens is 1. The van der Waals surface area contributed by atoms with E-state index in [0.717, 1.165) is 5.02 Å². The summed E-state index contributed by atoms with van der Waals surface area (Å²) in [6.07, 6.45) is 6.61. The van der Waals surface area contributed by atoms with Crippen molar-refractivity contribution in [2.75, 3.05) is 0 Å². The Balaban J connectivity index is 1.93. The fraction of sp³-hybridized carbons (Fsp3) is 0.647. The number of rotatable bonds is 3. The average molecular weight is 280 g/mol. The van der Waals surface area contributed by atoms with Gasteiger partial charge in [-0.15, -0.1) is 0 Å². The second-order valence-corrected chi connectivity index (χ2v) is 7.17. The molecule has 1 aliphatic rings. The predicted molar refractivity (Wildman–Crippen MR) is 83.7 cm³/mol. The summed E-state index contributed by atoms with van der Waals surface area (Å²) in [6, 6.07) is 9.22. The molecule has 1 nitrogen and oxygen atoms in total. The summed E-state index contributed by atoms with van der Waals surface area (Å²) in [4.78, 5) is 0. The maximum absolute atomic E-state index is 6.07. The first-order valence-electron chi connectivity index (χ1n) is 7.48. The van der Waals surface area contributed by atoms with Gasteiger partial charge < -0.3 is 5.32 Å². The summed E-state index contributed by atoms with van der Waals surface area (Å²) in [7, 11) is 0. The van der Waals surface area contributed by atoms with E-state index in [0.29, 0.717) is 17.5 Å². The van der Waals surface area contributed by atoms with Crippen molar-refractivity contribution < 1.29 is 0 Å². The van der Waals surface area contributed by atoms with Crippen molar-refractivity contribution in [1.29, 1.82) is 0 Å². The molecule has 2 rings (SSSR count). The van der Waals surface area contributed by atoms with Crippen LogP contribution in [0.25, 0.3) is 0 Å². The summed E-state index contributed by atoms with van der Waals surface area (Å²) in [5.74, 6) is 0. The lowest BCUT2D eigenvalue weighted by Crippen LogP contribution is -2.31. The molecule has 2 heteroatoms. The van der Waals surface area contributed by atoms with E-state index in [1.807, 2.05) is 12.1 Å². The topological polar surface area (TPSA) is 12.0 Å². The highest BCUT2D eigenvalue weighted by atomic mass is 35.5. The third kappa shape index (κ3) is 4.50. The van der Waals surface area contributed by atoms with E-state index in [1.165, 1.54) is 37.7 Å². The van der Waals surface area contributed by atoms with Crippen LogP contribution >= 0.6 is 11.6 Å². The van der Waals surface area contributed by atoms with Gasteiger partial charge in [-0.25, -0.2) is 0 Å². The summed E-state index contributed by atoms with van der Waals surface area (Å²) < 4.78 is 0. The first-order valence-corrected chi connectivity index (χ1v) is 7.86. The van der Waals surface area contributed by atoms with Gasteiger partial charge in [-0.1, -0.05) is 44.0 Å². The number of benzene rings is 1. The zero-order chi connectivity index (χ0) is 13.9. The zero-order valence-corrected chi connectivity index (χ0v) is 13.1. The molecule has 19 heavy (non-hydrogen) atoms. The molecule has 1 N–H and O–H groups in total. The molecule has 106 valence electrons. The standard InChI is InChI=1S/C17H26ClN/c1-13(14-6-4-7-15(18)12-14)19-16-8-5-10-17(2,3)11-9-16/h4,6-7,12-13,16,19H,5,8-11H2,1-3H3/t13-,16?/m1/s1. The maximum Gasteiger partial charge on any atom is 0.0409 e. The minimum atomic E-state index is 0.380. The lowest BCUT2D eigenvalue weighted by molar-refractivity contribution is 0.307. The third-order valence-corrected chi connectivity index (χ3v) is 4.65. The van der Waals surface area contributed by atoms with Gasteiger partial charge in [0.2, 0.25) is 0 Å². The Kier molecular flexibility index (Phi) is 4.92. The van der Waals surface area contributed by atoms with E-state index >= 15 is 0 Å². The van der Waals surface area contributed by atoms with Crippen LogP contribution in [0.15, 0.2) is 24.3 Å². The molecule has 0 amide bonds. The molecule has 1 fully saturated rings. The Hall–Kier alpha value is -0.530. The molecular formula is C17H26ClN. The fourth-order valence-electron chi connectivity index (χ4n) is 3.05. The van der Waals surface area contributed by atoms with Crippen molar-refractivity contribution in [2.45, 2.75) is 65.0 Å².